The molecule has 1 aromatic heterocycles. The maximum absolute atomic E-state index is 11.7. The number of aryl methyl sites for hydroxylation is 1. The van der Waals surface area contributed by atoms with Gasteiger partial charge in [0.1, 0.15) is 5.69 Å². The lowest BCUT2D eigenvalue weighted by Gasteiger charge is -2.00. The molecule has 0 N–H and O–H groups in total. The normalized spacial score (nSPS) is 11.7. The fourth-order valence-electron chi connectivity index (χ4n) is 0.675. The van der Waals surface area contributed by atoms with E-state index in [1.54, 1.807) is 0 Å². The first-order valence-electron chi connectivity index (χ1n) is 3.01. The van der Waals surface area contributed by atoms with Crippen molar-refractivity contribution in [2.75, 3.05) is 0 Å². The third-order valence-corrected chi connectivity index (χ3v) is 1.19. The summed E-state index contributed by atoms with van der Waals surface area (Å²) in [5.74, 6) is -1.91. The smallest absolute Gasteiger partial charge is 0.340 e. The van der Waals surface area contributed by atoms with Crippen LogP contribution in [0.25, 0.3) is 0 Å². The largest absolute Gasteiger partial charge is 0.456 e. The first-order valence-corrected chi connectivity index (χ1v) is 3.01. The van der Waals surface area contributed by atoms with Gasteiger partial charge < -0.3 is 4.57 Å². The van der Waals surface area contributed by atoms with Crippen molar-refractivity contribution >= 4 is 5.78 Å². The Morgan fingerprint density at radius 1 is 1.58 bits per heavy atom. The van der Waals surface area contributed by atoms with Gasteiger partial charge in [-0.05, 0) is 0 Å². The van der Waals surface area contributed by atoms with Gasteiger partial charge in [-0.1, -0.05) is 0 Å². The molecule has 66 valence electrons. The molecule has 12 heavy (non-hydrogen) atoms. The number of nitrogens with zero attached hydrogens (tertiary/aromatic N) is 2. The van der Waals surface area contributed by atoms with E-state index in [2.05, 4.69) is 4.98 Å². The zero-order valence-electron chi connectivity index (χ0n) is 6.09. The number of halogens is 3. The molecule has 0 fully saturated rings. The Morgan fingerprint density at radius 3 is 2.50 bits per heavy atom. The van der Waals surface area contributed by atoms with E-state index in [0.29, 0.717) is 0 Å². The Labute approximate surface area is 65.8 Å². The number of hydrogen-bond acceptors (Lipinski definition) is 2. The molecule has 3 nitrogen and oxygen atoms in total. The third-order valence-electron chi connectivity index (χ3n) is 1.19. The van der Waals surface area contributed by atoms with Crippen molar-refractivity contribution in [1.29, 1.82) is 0 Å². The number of aromatic nitrogens is 2. The Bertz CT molecular complexity index is 302. The molecule has 1 aromatic rings. The van der Waals surface area contributed by atoms with Crippen LogP contribution in [0, 0.1) is 0 Å². The molecule has 0 aliphatic carbocycles. The van der Waals surface area contributed by atoms with Crippen LogP contribution in [0.15, 0.2) is 12.5 Å². The molecule has 0 saturated heterocycles. The summed E-state index contributed by atoms with van der Waals surface area (Å²) in [4.78, 5) is 13.8. The van der Waals surface area contributed by atoms with Gasteiger partial charge in [0.2, 0.25) is 0 Å². The van der Waals surface area contributed by atoms with Gasteiger partial charge in [0, 0.05) is 13.2 Å². The number of ketones is 1. The molecule has 0 aromatic carbocycles. The third kappa shape index (κ3) is 1.63. The highest BCUT2D eigenvalue weighted by Gasteiger charge is 2.40. The van der Waals surface area contributed by atoms with Crippen LogP contribution < -0.4 is 0 Å². The van der Waals surface area contributed by atoms with Gasteiger partial charge in [-0.2, -0.15) is 13.2 Å². The summed E-state index contributed by atoms with van der Waals surface area (Å²) in [6, 6.07) is 0. The highest BCUT2D eigenvalue weighted by Crippen LogP contribution is 2.19. The van der Waals surface area contributed by atoms with E-state index in [0.717, 1.165) is 12.5 Å². The summed E-state index contributed by atoms with van der Waals surface area (Å²) >= 11 is 0. The molecule has 0 atom stereocenters. The zero-order valence-corrected chi connectivity index (χ0v) is 6.09. The van der Waals surface area contributed by atoms with Crippen molar-refractivity contribution in [3.05, 3.63) is 18.2 Å². The molecular formula is C6H5F3N2O. The first kappa shape index (κ1) is 8.76. The number of imidazole rings is 1. The van der Waals surface area contributed by atoms with Crippen LogP contribution in [0.1, 0.15) is 10.5 Å². The van der Waals surface area contributed by atoms with E-state index in [-0.39, 0.29) is 0 Å². The fraction of sp³-hybridized carbons (Fsp3) is 0.333. The molecule has 6 heteroatoms. The molecule has 0 saturated carbocycles. The molecule has 0 bridgehead atoms. The van der Waals surface area contributed by atoms with Crippen LogP contribution in [-0.4, -0.2) is 21.5 Å². The maximum atomic E-state index is 11.7. The highest BCUT2D eigenvalue weighted by molar-refractivity contribution is 5.98. The van der Waals surface area contributed by atoms with Crippen molar-refractivity contribution < 1.29 is 18.0 Å². The molecule has 0 radical (unpaired) electrons. The first-order chi connectivity index (χ1) is 5.41. The fourth-order valence-corrected chi connectivity index (χ4v) is 0.675. The minimum Gasteiger partial charge on any atom is -0.340 e. The Balaban J connectivity index is 2.93. The van der Waals surface area contributed by atoms with Gasteiger partial charge >= 0.3 is 6.18 Å². The Hall–Kier alpha value is -1.33. The number of carbonyl (C=O) groups is 1. The van der Waals surface area contributed by atoms with Crippen molar-refractivity contribution in [3.8, 4) is 0 Å². The molecule has 1 heterocycles. The topological polar surface area (TPSA) is 34.9 Å². The summed E-state index contributed by atoms with van der Waals surface area (Å²) < 4.78 is 36.5. The number of alkyl halides is 3. The van der Waals surface area contributed by atoms with Crippen LogP contribution >= 0.6 is 0 Å². The van der Waals surface area contributed by atoms with Crippen LogP contribution in [0.2, 0.25) is 0 Å². The lowest BCUT2D eigenvalue weighted by molar-refractivity contribution is -0.0888. The van der Waals surface area contributed by atoms with Crippen molar-refractivity contribution in [2.24, 2.45) is 7.05 Å². The van der Waals surface area contributed by atoms with Gasteiger partial charge in [0.05, 0.1) is 6.33 Å². The lowest BCUT2D eigenvalue weighted by atomic mass is 10.3. The van der Waals surface area contributed by atoms with Gasteiger partial charge in [-0.15, -0.1) is 0 Å². The summed E-state index contributed by atoms with van der Waals surface area (Å²) in [5, 5.41) is 0. The second-order valence-electron chi connectivity index (χ2n) is 2.25. The van der Waals surface area contributed by atoms with Crippen LogP contribution in [0.3, 0.4) is 0 Å². The van der Waals surface area contributed by atoms with E-state index in [1.165, 1.54) is 11.6 Å². The minimum absolute atomic E-state index is 0.579. The summed E-state index contributed by atoms with van der Waals surface area (Å²) in [7, 11) is 1.49. The maximum Gasteiger partial charge on any atom is 0.456 e. The Kier molecular flexibility index (Phi) is 1.91. The standard InChI is InChI=1S/C6H5F3N2O/c1-11-2-4(10-3-11)5(12)6(7,8)9/h2-3H,1H3. The second kappa shape index (κ2) is 2.62. The van der Waals surface area contributed by atoms with Crippen LogP contribution in [-0.2, 0) is 7.05 Å². The quantitative estimate of drug-likeness (QED) is 0.605. The molecule has 0 spiro atoms. The predicted octanol–water partition coefficient (Wildman–Crippen LogP) is 1.17. The van der Waals surface area contributed by atoms with Crippen LogP contribution in [0.5, 0.6) is 0 Å². The van der Waals surface area contributed by atoms with Gasteiger partial charge in [-0.25, -0.2) is 4.98 Å². The van der Waals surface area contributed by atoms with Gasteiger partial charge in [0.25, 0.3) is 5.78 Å². The van der Waals surface area contributed by atoms with E-state index in [9.17, 15) is 18.0 Å². The molecule has 0 aliphatic heterocycles. The number of carbonyl (C=O) groups excluding carboxylic acids is 1. The van der Waals surface area contributed by atoms with Gasteiger partial charge in [0.15, 0.2) is 0 Å². The summed E-state index contributed by atoms with van der Waals surface area (Å²) in [5.41, 5.74) is -0.579. The average molecular weight is 178 g/mol. The second-order valence-corrected chi connectivity index (χ2v) is 2.25. The summed E-state index contributed by atoms with van der Waals surface area (Å²) in [6.45, 7) is 0. The monoisotopic (exact) mass is 178 g/mol. The zero-order chi connectivity index (χ0) is 9.35. The van der Waals surface area contributed by atoms with Crippen molar-refractivity contribution in [3.63, 3.8) is 0 Å². The van der Waals surface area contributed by atoms with Crippen LogP contribution in [0.4, 0.5) is 13.2 Å². The molecule has 0 amide bonds. The number of hydrogen-bond donors (Lipinski definition) is 0. The Morgan fingerprint density at radius 2 is 2.17 bits per heavy atom. The average Bonchev–Trinajstić information content (AvgIpc) is 2.32. The van der Waals surface area contributed by atoms with E-state index >= 15 is 0 Å². The summed E-state index contributed by atoms with van der Waals surface area (Å²) in [6.07, 6.45) is -2.68. The molecule has 0 aliphatic rings. The van der Waals surface area contributed by atoms with E-state index in [4.69, 9.17) is 0 Å². The number of Topliss-reactive ketones (excluding diaryl/α,β-unsaturated/α-hetero) is 1. The SMILES string of the molecule is Cn1cnc(C(=O)C(F)(F)F)c1. The number of rotatable bonds is 1. The molecule has 0 unspecified atom stereocenters. The van der Waals surface area contributed by atoms with Crippen molar-refractivity contribution in [2.45, 2.75) is 6.18 Å². The molecule has 1 rings (SSSR count). The predicted molar refractivity (Wildman–Crippen MR) is 33.6 cm³/mol. The molecular weight excluding hydrogens is 173 g/mol. The minimum atomic E-state index is -4.84. The van der Waals surface area contributed by atoms with Crippen molar-refractivity contribution in [1.82, 2.24) is 9.55 Å². The van der Waals surface area contributed by atoms with Gasteiger partial charge in [-0.3, -0.25) is 4.79 Å². The van der Waals surface area contributed by atoms with E-state index < -0.39 is 17.7 Å². The van der Waals surface area contributed by atoms with E-state index in [1.807, 2.05) is 0 Å². The lowest BCUT2D eigenvalue weighted by Crippen LogP contribution is -2.22. The highest BCUT2D eigenvalue weighted by atomic mass is 19.4.